The Bertz CT molecular complexity index is 635. The van der Waals surface area contributed by atoms with Crippen molar-refractivity contribution in [1.29, 1.82) is 0 Å². The Hall–Kier alpha value is -0.650. The standard InChI is InChI=1S/C20H37N7S.HI/c1-21-18(22-14-17-15-28-19(24-17)25(2)3)23-16-20(8-12-26(4)13-9-20)27-10-6-5-7-11-27;/h15H,5-14,16H2,1-4H3,(H2,21,22,23);1H. The van der Waals surface area contributed by atoms with Crippen molar-refractivity contribution in [1.82, 2.24) is 25.4 Å². The third kappa shape index (κ3) is 6.67. The zero-order valence-corrected chi connectivity index (χ0v) is 21.6. The molecule has 0 aromatic carbocycles. The van der Waals surface area contributed by atoms with Gasteiger partial charge in [-0.1, -0.05) is 6.42 Å². The maximum Gasteiger partial charge on any atom is 0.191 e. The van der Waals surface area contributed by atoms with E-state index in [0.29, 0.717) is 6.54 Å². The van der Waals surface area contributed by atoms with Crippen molar-refractivity contribution in [3.63, 3.8) is 0 Å². The number of hydrogen-bond acceptors (Lipinski definition) is 6. The van der Waals surface area contributed by atoms with Crippen LogP contribution in [0.15, 0.2) is 10.4 Å². The maximum atomic E-state index is 4.65. The van der Waals surface area contributed by atoms with Crippen LogP contribution in [0.1, 0.15) is 37.8 Å². The lowest BCUT2D eigenvalue weighted by atomic mass is 9.84. The van der Waals surface area contributed by atoms with Gasteiger partial charge in [-0.15, -0.1) is 35.3 Å². The van der Waals surface area contributed by atoms with Gasteiger partial charge in [0.05, 0.1) is 12.2 Å². The molecule has 3 heterocycles. The Morgan fingerprint density at radius 2 is 1.86 bits per heavy atom. The Morgan fingerprint density at radius 1 is 1.17 bits per heavy atom. The van der Waals surface area contributed by atoms with Crippen LogP contribution < -0.4 is 15.5 Å². The molecule has 2 aliphatic rings. The largest absolute Gasteiger partial charge is 0.355 e. The lowest BCUT2D eigenvalue weighted by molar-refractivity contribution is 0.0173. The molecule has 2 fully saturated rings. The van der Waals surface area contributed by atoms with E-state index in [9.17, 15) is 0 Å². The van der Waals surface area contributed by atoms with Crippen molar-refractivity contribution < 1.29 is 0 Å². The SMILES string of the molecule is CN=C(NCc1csc(N(C)C)n1)NCC1(N2CCCCC2)CCN(C)CC1.I. The molecule has 0 radical (unpaired) electrons. The van der Waals surface area contributed by atoms with Gasteiger partial charge >= 0.3 is 0 Å². The number of likely N-dealkylation sites (tertiary alicyclic amines) is 2. The molecule has 29 heavy (non-hydrogen) atoms. The first-order valence-corrected chi connectivity index (χ1v) is 11.4. The van der Waals surface area contributed by atoms with Crippen molar-refractivity contribution in [2.75, 3.05) is 65.8 Å². The Kier molecular flexibility index (Phi) is 9.90. The number of rotatable bonds is 6. The van der Waals surface area contributed by atoms with Crippen LogP contribution in [0.3, 0.4) is 0 Å². The van der Waals surface area contributed by atoms with Crippen LogP contribution >= 0.6 is 35.3 Å². The summed E-state index contributed by atoms with van der Waals surface area (Å²) in [5.41, 5.74) is 1.31. The summed E-state index contributed by atoms with van der Waals surface area (Å²) in [7, 11) is 8.14. The highest BCUT2D eigenvalue weighted by Gasteiger charge is 2.39. The number of aliphatic imine (C=N–C) groups is 1. The number of anilines is 1. The van der Waals surface area contributed by atoms with Gasteiger partial charge in [0.1, 0.15) is 0 Å². The normalized spacial score (nSPS) is 20.8. The van der Waals surface area contributed by atoms with E-state index in [1.54, 1.807) is 11.3 Å². The molecule has 0 spiro atoms. The lowest BCUT2D eigenvalue weighted by Crippen LogP contribution is -2.62. The highest BCUT2D eigenvalue weighted by atomic mass is 127. The fourth-order valence-electron chi connectivity index (χ4n) is 4.23. The second kappa shape index (κ2) is 11.7. The zero-order valence-electron chi connectivity index (χ0n) is 18.4. The van der Waals surface area contributed by atoms with Gasteiger partial charge in [0, 0.05) is 38.6 Å². The van der Waals surface area contributed by atoms with Crippen LogP contribution in [0.4, 0.5) is 5.13 Å². The van der Waals surface area contributed by atoms with Crippen molar-refractivity contribution >= 4 is 46.4 Å². The Balaban J connectivity index is 0.00000300. The van der Waals surface area contributed by atoms with Crippen LogP contribution in [-0.2, 0) is 6.54 Å². The van der Waals surface area contributed by atoms with Crippen LogP contribution in [0.25, 0.3) is 0 Å². The van der Waals surface area contributed by atoms with E-state index in [4.69, 9.17) is 0 Å². The van der Waals surface area contributed by atoms with Gasteiger partial charge in [0.2, 0.25) is 0 Å². The predicted molar refractivity (Wildman–Crippen MR) is 135 cm³/mol. The third-order valence-corrected chi connectivity index (χ3v) is 7.17. The van der Waals surface area contributed by atoms with E-state index < -0.39 is 0 Å². The van der Waals surface area contributed by atoms with Crippen LogP contribution in [-0.4, -0.2) is 87.2 Å². The molecular formula is C20H38IN7S. The summed E-state index contributed by atoms with van der Waals surface area (Å²) in [6.45, 7) is 6.49. The molecule has 0 saturated carbocycles. The molecule has 2 N–H and O–H groups in total. The third-order valence-electron chi connectivity index (χ3n) is 6.11. The topological polar surface area (TPSA) is 59.0 Å². The van der Waals surface area contributed by atoms with E-state index in [-0.39, 0.29) is 29.5 Å². The van der Waals surface area contributed by atoms with E-state index >= 15 is 0 Å². The number of piperidine rings is 2. The molecule has 9 heteroatoms. The molecule has 2 saturated heterocycles. The summed E-state index contributed by atoms with van der Waals surface area (Å²) < 4.78 is 0. The monoisotopic (exact) mass is 535 g/mol. The summed E-state index contributed by atoms with van der Waals surface area (Å²) in [6, 6.07) is 0. The van der Waals surface area contributed by atoms with Gasteiger partial charge in [0.25, 0.3) is 0 Å². The summed E-state index contributed by atoms with van der Waals surface area (Å²) in [4.78, 5) is 16.4. The molecular weight excluding hydrogens is 497 g/mol. The van der Waals surface area contributed by atoms with E-state index in [2.05, 4.69) is 42.8 Å². The molecule has 0 atom stereocenters. The van der Waals surface area contributed by atoms with Gasteiger partial charge in [-0.05, 0) is 58.9 Å². The predicted octanol–water partition coefficient (Wildman–Crippen LogP) is 2.44. The van der Waals surface area contributed by atoms with Crippen molar-refractivity contribution in [2.24, 2.45) is 4.99 Å². The van der Waals surface area contributed by atoms with Crippen molar-refractivity contribution in [2.45, 2.75) is 44.2 Å². The number of guanidine groups is 1. The summed E-state index contributed by atoms with van der Waals surface area (Å²) in [6.07, 6.45) is 6.51. The minimum absolute atomic E-state index is 0. The first kappa shape index (κ1) is 24.6. The fourth-order valence-corrected chi connectivity index (χ4v) is 4.99. The van der Waals surface area contributed by atoms with Gasteiger partial charge in [-0.3, -0.25) is 9.89 Å². The van der Waals surface area contributed by atoms with Gasteiger partial charge < -0.3 is 20.4 Å². The average Bonchev–Trinajstić information content (AvgIpc) is 3.20. The highest BCUT2D eigenvalue weighted by Crippen LogP contribution is 2.30. The number of halogens is 1. The number of aromatic nitrogens is 1. The van der Waals surface area contributed by atoms with Crippen molar-refractivity contribution in [3.8, 4) is 0 Å². The fraction of sp³-hybridized carbons (Fsp3) is 0.800. The molecule has 1 aromatic heterocycles. The summed E-state index contributed by atoms with van der Waals surface area (Å²) >= 11 is 1.67. The number of nitrogens with zero attached hydrogens (tertiary/aromatic N) is 5. The molecule has 0 unspecified atom stereocenters. The first-order valence-electron chi connectivity index (χ1n) is 10.5. The molecule has 3 rings (SSSR count). The van der Waals surface area contributed by atoms with Gasteiger partial charge in [-0.2, -0.15) is 0 Å². The smallest absolute Gasteiger partial charge is 0.191 e. The number of nitrogens with one attached hydrogen (secondary N) is 2. The molecule has 0 amide bonds. The van der Waals surface area contributed by atoms with E-state index in [1.165, 1.54) is 58.3 Å². The molecule has 0 aliphatic carbocycles. The zero-order chi connectivity index (χ0) is 20.0. The molecule has 0 bridgehead atoms. The first-order chi connectivity index (χ1) is 13.5. The quantitative estimate of drug-likeness (QED) is 0.332. The second-order valence-corrected chi connectivity index (χ2v) is 9.21. The number of hydrogen-bond donors (Lipinski definition) is 2. The Labute approximate surface area is 197 Å². The second-order valence-electron chi connectivity index (χ2n) is 8.37. The van der Waals surface area contributed by atoms with Gasteiger partial charge in [0.15, 0.2) is 11.1 Å². The average molecular weight is 536 g/mol. The van der Waals surface area contributed by atoms with E-state index in [1.807, 2.05) is 26.0 Å². The minimum Gasteiger partial charge on any atom is -0.355 e. The molecule has 2 aliphatic heterocycles. The van der Waals surface area contributed by atoms with Crippen LogP contribution in [0, 0.1) is 0 Å². The number of thiazole rings is 1. The Morgan fingerprint density at radius 3 is 2.45 bits per heavy atom. The van der Waals surface area contributed by atoms with Crippen LogP contribution in [0.5, 0.6) is 0 Å². The molecule has 1 aromatic rings. The van der Waals surface area contributed by atoms with Gasteiger partial charge in [-0.25, -0.2) is 4.98 Å². The maximum absolute atomic E-state index is 4.65. The summed E-state index contributed by atoms with van der Waals surface area (Å²) in [5.74, 6) is 0.870. The minimum atomic E-state index is 0. The van der Waals surface area contributed by atoms with Crippen LogP contribution in [0.2, 0.25) is 0 Å². The van der Waals surface area contributed by atoms with E-state index in [0.717, 1.165) is 23.3 Å². The molecule has 166 valence electrons. The highest BCUT2D eigenvalue weighted by molar-refractivity contribution is 14.0. The summed E-state index contributed by atoms with van der Waals surface area (Å²) in [5, 5.41) is 10.2. The lowest BCUT2D eigenvalue weighted by Gasteiger charge is -2.50. The van der Waals surface area contributed by atoms with Crippen molar-refractivity contribution in [3.05, 3.63) is 11.1 Å². The molecule has 7 nitrogen and oxygen atoms in total.